The molecule has 0 aliphatic heterocycles. The smallest absolute Gasteiger partial charge is 0.260 e. The molecule has 0 saturated carbocycles. The molecule has 0 spiro atoms. The normalized spacial score (nSPS) is 13.1. The lowest BCUT2D eigenvalue weighted by Crippen LogP contribution is -2.38. The molecule has 0 aliphatic carbocycles. The molecule has 4 nitrogen and oxygen atoms in total. The molecule has 4 heteroatoms. The Morgan fingerprint density at radius 2 is 1.77 bits per heavy atom. The summed E-state index contributed by atoms with van der Waals surface area (Å²) in [5, 5.41) is 9.90. The second kappa shape index (κ2) is 7.63. The van der Waals surface area contributed by atoms with Crippen LogP contribution in [0.1, 0.15) is 46.6 Å². The van der Waals surface area contributed by atoms with Crippen molar-refractivity contribution in [3.05, 3.63) is 29.8 Å². The zero-order valence-corrected chi connectivity index (χ0v) is 14.6. The Kier molecular flexibility index (Phi) is 6.42. The summed E-state index contributed by atoms with van der Waals surface area (Å²) in [7, 11) is 1.82. The molecule has 0 heterocycles. The summed E-state index contributed by atoms with van der Waals surface area (Å²) in [5.74, 6) is 1.16. The van der Waals surface area contributed by atoms with Crippen LogP contribution in [0, 0.1) is 5.92 Å². The van der Waals surface area contributed by atoms with Gasteiger partial charge in [-0.25, -0.2) is 0 Å². The predicted molar refractivity (Wildman–Crippen MR) is 88.9 cm³/mol. The summed E-state index contributed by atoms with van der Waals surface area (Å²) in [5.41, 5.74) is -0.0604. The van der Waals surface area contributed by atoms with Gasteiger partial charge in [0.15, 0.2) is 6.61 Å². The van der Waals surface area contributed by atoms with Crippen LogP contribution < -0.4 is 4.74 Å². The molecular weight excluding hydrogens is 278 g/mol. The maximum Gasteiger partial charge on any atom is 0.260 e. The molecule has 1 aromatic rings. The molecule has 0 saturated heterocycles. The molecule has 1 aromatic carbocycles. The monoisotopic (exact) mass is 307 g/mol. The molecule has 0 fully saturated rings. The molecule has 1 rings (SSSR count). The fraction of sp³-hybridized carbons (Fsp3) is 0.611. The number of benzene rings is 1. The van der Waals surface area contributed by atoms with Gasteiger partial charge in [-0.2, -0.15) is 0 Å². The lowest BCUT2D eigenvalue weighted by atomic mass is 9.99. The molecule has 22 heavy (non-hydrogen) atoms. The van der Waals surface area contributed by atoms with Gasteiger partial charge in [-0.05, 0) is 50.8 Å². The second-order valence-electron chi connectivity index (χ2n) is 6.86. The maximum atomic E-state index is 12.1. The number of aliphatic hydroxyl groups is 1. The number of amides is 1. The SMILES string of the molecule is CC(C)CC(C)N(C)C(=O)COc1ccc(C(C)(C)O)cc1. The molecule has 0 aliphatic rings. The summed E-state index contributed by atoms with van der Waals surface area (Å²) in [6, 6.07) is 7.38. The standard InChI is InChI=1S/C18H29NO3/c1-13(2)11-14(3)19(6)17(20)12-22-16-9-7-15(8-10-16)18(4,5)21/h7-10,13-14,21H,11-12H2,1-6H3. The minimum Gasteiger partial charge on any atom is -0.484 e. The summed E-state index contributed by atoms with van der Waals surface area (Å²) in [4.78, 5) is 13.9. The Hall–Kier alpha value is -1.55. The number of likely N-dealkylation sites (N-methyl/N-ethyl adjacent to an activating group) is 1. The van der Waals surface area contributed by atoms with Crippen molar-refractivity contribution in [1.82, 2.24) is 4.90 Å². The highest BCUT2D eigenvalue weighted by atomic mass is 16.5. The lowest BCUT2D eigenvalue weighted by molar-refractivity contribution is -0.134. The summed E-state index contributed by atoms with van der Waals surface area (Å²) < 4.78 is 5.54. The first-order valence-electron chi connectivity index (χ1n) is 7.82. The molecule has 0 radical (unpaired) electrons. The molecule has 1 unspecified atom stereocenters. The first-order valence-corrected chi connectivity index (χ1v) is 7.82. The van der Waals surface area contributed by atoms with Gasteiger partial charge >= 0.3 is 0 Å². The van der Waals surface area contributed by atoms with Gasteiger partial charge in [0.05, 0.1) is 5.60 Å². The van der Waals surface area contributed by atoms with Crippen LogP contribution in [0.2, 0.25) is 0 Å². The first-order chi connectivity index (χ1) is 10.1. The van der Waals surface area contributed by atoms with Gasteiger partial charge in [-0.3, -0.25) is 4.79 Å². The van der Waals surface area contributed by atoms with E-state index in [0.29, 0.717) is 11.7 Å². The molecular formula is C18H29NO3. The largest absolute Gasteiger partial charge is 0.484 e. The topological polar surface area (TPSA) is 49.8 Å². The van der Waals surface area contributed by atoms with Crippen LogP contribution in [0.4, 0.5) is 0 Å². The molecule has 1 amide bonds. The first kappa shape index (κ1) is 18.5. The second-order valence-corrected chi connectivity index (χ2v) is 6.86. The van der Waals surface area contributed by atoms with E-state index in [9.17, 15) is 9.90 Å². The summed E-state index contributed by atoms with van der Waals surface area (Å²) in [6.07, 6.45) is 0.975. The number of carbonyl (C=O) groups excluding carboxylic acids is 1. The number of hydrogen-bond acceptors (Lipinski definition) is 3. The van der Waals surface area contributed by atoms with E-state index in [2.05, 4.69) is 20.8 Å². The molecule has 0 bridgehead atoms. The van der Waals surface area contributed by atoms with Crippen molar-refractivity contribution < 1.29 is 14.6 Å². The van der Waals surface area contributed by atoms with Gasteiger partial charge in [-0.1, -0.05) is 26.0 Å². The van der Waals surface area contributed by atoms with Crippen molar-refractivity contribution in [2.75, 3.05) is 13.7 Å². The van der Waals surface area contributed by atoms with Gasteiger partial charge in [0.25, 0.3) is 5.91 Å². The average Bonchev–Trinajstić information content (AvgIpc) is 2.42. The molecule has 124 valence electrons. The van der Waals surface area contributed by atoms with Crippen molar-refractivity contribution in [3.63, 3.8) is 0 Å². The van der Waals surface area contributed by atoms with E-state index >= 15 is 0 Å². The third kappa shape index (κ3) is 5.68. The number of rotatable bonds is 7. The van der Waals surface area contributed by atoms with Crippen molar-refractivity contribution in [3.8, 4) is 5.75 Å². The van der Waals surface area contributed by atoms with Crippen molar-refractivity contribution in [2.24, 2.45) is 5.92 Å². The average molecular weight is 307 g/mol. The van der Waals surface area contributed by atoms with E-state index < -0.39 is 5.60 Å². The maximum absolute atomic E-state index is 12.1. The molecule has 0 aromatic heterocycles. The zero-order chi connectivity index (χ0) is 16.9. The Morgan fingerprint density at radius 3 is 2.23 bits per heavy atom. The van der Waals surface area contributed by atoms with E-state index in [1.807, 2.05) is 19.2 Å². The fourth-order valence-electron chi connectivity index (χ4n) is 2.29. The minimum atomic E-state index is -0.874. The van der Waals surface area contributed by atoms with Gasteiger partial charge in [0.1, 0.15) is 5.75 Å². The lowest BCUT2D eigenvalue weighted by Gasteiger charge is -2.26. The highest BCUT2D eigenvalue weighted by Crippen LogP contribution is 2.22. The fourth-order valence-corrected chi connectivity index (χ4v) is 2.29. The number of ether oxygens (including phenoxy) is 1. The zero-order valence-electron chi connectivity index (χ0n) is 14.6. The highest BCUT2D eigenvalue weighted by Gasteiger charge is 2.18. The van der Waals surface area contributed by atoms with Crippen LogP contribution in [0.5, 0.6) is 5.75 Å². The van der Waals surface area contributed by atoms with Crippen LogP contribution in [0.15, 0.2) is 24.3 Å². The van der Waals surface area contributed by atoms with Crippen LogP contribution in [-0.2, 0) is 10.4 Å². The number of hydrogen-bond donors (Lipinski definition) is 1. The molecule has 1 N–H and O–H groups in total. The Morgan fingerprint density at radius 1 is 1.23 bits per heavy atom. The third-order valence-corrected chi connectivity index (χ3v) is 3.79. The van der Waals surface area contributed by atoms with E-state index in [1.54, 1.807) is 30.9 Å². The number of nitrogens with zero attached hydrogens (tertiary/aromatic N) is 1. The van der Waals surface area contributed by atoms with Crippen molar-refractivity contribution in [1.29, 1.82) is 0 Å². The van der Waals surface area contributed by atoms with Crippen molar-refractivity contribution in [2.45, 2.75) is 52.7 Å². The number of carbonyl (C=O) groups is 1. The van der Waals surface area contributed by atoms with Gasteiger partial charge < -0.3 is 14.7 Å². The van der Waals surface area contributed by atoms with Gasteiger partial charge in [0, 0.05) is 13.1 Å². The Bertz CT molecular complexity index is 474. The summed E-state index contributed by atoms with van der Waals surface area (Å²) >= 11 is 0. The quantitative estimate of drug-likeness (QED) is 0.841. The summed E-state index contributed by atoms with van der Waals surface area (Å²) in [6.45, 7) is 9.84. The third-order valence-electron chi connectivity index (χ3n) is 3.79. The van der Waals surface area contributed by atoms with Crippen molar-refractivity contribution >= 4 is 5.91 Å². The Labute approximate surface area is 134 Å². The van der Waals surface area contributed by atoms with Crippen LogP contribution in [0.25, 0.3) is 0 Å². The van der Waals surface area contributed by atoms with Gasteiger partial charge in [0.2, 0.25) is 0 Å². The van der Waals surface area contributed by atoms with E-state index in [0.717, 1.165) is 12.0 Å². The van der Waals surface area contributed by atoms with Crippen LogP contribution in [-0.4, -0.2) is 35.6 Å². The molecule has 1 atom stereocenters. The Balaban J connectivity index is 2.53. The van der Waals surface area contributed by atoms with Crippen LogP contribution in [0.3, 0.4) is 0 Å². The minimum absolute atomic E-state index is 0.0280. The van der Waals surface area contributed by atoms with E-state index in [1.165, 1.54) is 0 Å². The predicted octanol–water partition coefficient (Wildman–Crippen LogP) is 3.19. The highest BCUT2D eigenvalue weighted by molar-refractivity contribution is 5.77. The van der Waals surface area contributed by atoms with Gasteiger partial charge in [-0.15, -0.1) is 0 Å². The van der Waals surface area contributed by atoms with E-state index in [4.69, 9.17) is 4.74 Å². The van der Waals surface area contributed by atoms with Crippen LogP contribution >= 0.6 is 0 Å². The van der Waals surface area contributed by atoms with E-state index in [-0.39, 0.29) is 18.6 Å².